The molecule has 1 aromatic carbocycles. The molecule has 0 heterocycles. The quantitative estimate of drug-likeness (QED) is 0.874. The van der Waals surface area contributed by atoms with Crippen molar-refractivity contribution in [2.24, 2.45) is 0 Å². The highest BCUT2D eigenvalue weighted by Crippen LogP contribution is 2.55. The number of halogens is 1. The molecule has 1 aliphatic rings. The molecule has 0 aromatic heterocycles. The van der Waals surface area contributed by atoms with Crippen LogP contribution in [0.1, 0.15) is 44.2 Å². The van der Waals surface area contributed by atoms with E-state index < -0.39 is 17.1 Å². The van der Waals surface area contributed by atoms with Crippen LogP contribution in [0.4, 0.5) is 4.39 Å². The Morgan fingerprint density at radius 2 is 1.86 bits per heavy atom. The smallest absolute Gasteiger partial charge is 0.304 e. The summed E-state index contributed by atoms with van der Waals surface area (Å²) < 4.78 is 25.0. The van der Waals surface area contributed by atoms with E-state index in [4.69, 9.17) is 14.6 Å². The van der Waals surface area contributed by atoms with Crippen LogP contribution in [0.5, 0.6) is 11.5 Å². The Morgan fingerprint density at radius 1 is 1.29 bits per heavy atom. The van der Waals surface area contributed by atoms with Gasteiger partial charge in [0.05, 0.1) is 20.6 Å². The van der Waals surface area contributed by atoms with Crippen molar-refractivity contribution < 1.29 is 23.8 Å². The summed E-state index contributed by atoms with van der Waals surface area (Å²) in [6.07, 6.45) is 1.57. The second kappa shape index (κ2) is 5.20. The zero-order chi connectivity index (χ0) is 15.8. The third kappa shape index (κ3) is 2.96. The lowest BCUT2D eigenvalue weighted by molar-refractivity contribution is -0.137. The molecular formula is C16H21FO4. The summed E-state index contributed by atoms with van der Waals surface area (Å²) in [6, 6.07) is 3.35. The van der Waals surface area contributed by atoms with Crippen LogP contribution < -0.4 is 9.47 Å². The van der Waals surface area contributed by atoms with Crippen LogP contribution in [0.3, 0.4) is 0 Å². The minimum Gasteiger partial charge on any atom is -0.496 e. The van der Waals surface area contributed by atoms with Gasteiger partial charge in [0.2, 0.25) is 0 Å². The van der Waals surface area contributed by atoms with Crippen molar-refractivity contribution in [1.29, 1.82) is 0 Å². The second-order valence-electron chi connectivity index (χ2n) is 6.08. The van der Waals surface area contributed by atoms with Gasteiger partial charge in [-0.3, -0.25) is 4.79 Å². The maximum atomic E-state index is 14.4. The molecule has 0 unspecified atom stereocenters. The zero-order valence-corrected chi connectivity index (χ0v) is 12.8. The third-order valence-corrected chi connectivity index (χ3v) is 4.08. The van der Waals surface area contributed by atoms with Crippen molar-refractivity contribution in [3.63, 3.8) is 0 Å². The van der Waals surface area contributed by atoms with E-state index >= 15 is 0 Å². The number of hydrogen-bond acceptors (Lipinski definition) is 3. The number of alkyl halides is 1. The number of hydrogen-bond donors (Lipinski definition) is 1. The molecule has 1 aliphatic carbocycles. The van der Waals surface area contributed by atoms with Crippen molar-refractivity contribution in [1.82, 2.24) is 0 Å². The molecule has 0 bridgehead atoms. The topological polar surface area (TPSA) is 55.8 Å². The van der Waals surface area contributed by atoms with E-state index in [1.165, 1.54) is 28.1 Å². The molecule has 116 valence electrons. The summed E-state index contributed by atoms with van der Waals surface area (Å²) in [7, 11) is 3.00. The van der Waals surface area contributed by atoms with Gasteiger partial charge in [-0.05, 0) is 32.8 Å². The van der Waals surface area contributed by atoms with Gasteiger partial charge in [0.15, 0.2) is 0 Å². The van der Waals surface area contributed by atoms with E-state index in [2.05, 4.69) is 0 Å². The first-order valence-electron chi connectivity index (χ1n) is 6.91. The highest BCUT2D eigenvalue weighted by atomic mass is 19.1. The fourth-order valence-corrected chi connectivity index (χ4v) is 2.76. The second-order valence-corrected chi connectivity index (χ2v) is 6.08. The predicted octanol–water partition coefficient (Wildman–Crippen LogP) is 3.41. The number of carboxylic acid groups (broad SMARTS) is 1. The summed E-state index contributed by atoms with van der Waals surface area (Å²) in [5, 5.41) is 9.10. The Labute approximate surface area is 123 Å². The van der Waals surface area contributed by atoms with E-state index in [-0.39, 0.29) is 6.42 Å². The summed E-state index contributed by atoms with van der Waals surface area (Å²) in [5.74, 6) is 0.110. The minimum absolute atomic E-state index is 0.0296. The number of benzene rings is 1. The fraction of sp³-hybridized carbons (Fsp3) is 0.562. The normalized spacial score (nSPS) is 16.4. The Bertz CT molecular complexity index is 556. The molecule has 0 amide bonds. The van der Waals surface area contributed by atoms with Gasteiger partial charge in [-0.2, -0.15) is 0 Å². The molecule has 1 saturated carbocycles. The van der Waals surface area contributed by atoms with Crippen LogP contribution >= 0.6 is 0 Å². The highest BCUT2D eigenvalue weighted by Gasteiger charge is 2.48. The molecule has 1 N–H and O–H groups in total. The Hall–Kier alpha value is -1.78. The average molecular weight is 296 g/mol. The molecular weight excluding hydrogens is 275 g/mol. The minimum atomic E-state index is -1.58. The van der Waals surface area contributed by atoms with E-state index in [1.807, 2.05) is 0 Å². The van der Waals surface area contributed by atoms with Gasteiger partial charge < -0.3 is 14.6 Å². The van der Waals surface area contributed by atoms with Gasteiger partial charge in [-0.25, -0.2) is 4.39 Å². The molecule has 0 radical (unpaired) electrons. The first-order chi connectivity index (χ1) is 9.73. The molecule has 1 aromatic rings. The number of carboxylic acids is 1. The fourth-order valence-electron chi connectivity index (χ4n) is 2.76. The SMILES string of the molecule is COc1cc(OC)c(C2(CC(=O)O)CC2)cc1C(C)(C)F. The van der Waals surface area contributed by atoms with Gasteiger partial charge in [0.1, 0.15) is 17.2 Å². The standard InChI is InChI=1S/C16H21FO4/c1-15(2,17)10-7-11(13(21-4)8-12(10)20-3)16(5-6-16)9-14(18)19/h7-8H,5-6,9H2,1-4H3,(H,18,19). The van der Waals surface area contributed by atoms with Crippen molar-refractivity contribution in [2.45, 2.75) is 44.2 Å². The van der Waals surface area contributed by atoms with Crippen molar-refractivity contribution >= 4 is 5.97 Å². The van der Waals surface area contributed by atoms with Crippen LogP contribution in [0.2, 0.25) is 0 Å². The number of rotatable bonds is 6. The summed E-state index contributed by atoms with van der Waals surface area (Å²) in [4.78, 5) is 11.1. The largest absolute Gasteiger partial charge is 0.496 e. The number of ether oxygens (including phenoxy) is 2. The monoisotopic (exact) mass is 296 g/mol. The lowest BCUT2D eigenvalue weighted by Crippen LogP contribution is -2.17. The molecule has 0 saturated heterocycles. The van der Waals surface area contributed by atoms with Gasteiger partial charge >= 0.3 is 5.97 Å². The summed E-state index contributed by atoms with van der Waals surface area (Å²) >= 11 is 0. The summed E-state index contributed by atoms with van der Waals surface area (Å²) in [5.41, 5.74) is -0.846. The van der Waals surface area contributed by atoms with Crippen molar-refractivity contribution in [2.75, 3.05) is 14.2 Å². The Balaban J connectivity index is 2.57. The molecule has 0 aliphatic heterocycles. The first kappa shape index (κ1) is 15.6. The van der Waals surface area contributed by atoms with Crippen LogP contribution in [0.15, 0.2) is 12.1 Å². The number of carbonyl (C=O) groups is 1. The van der Waals surface area contributed by atoms with Gasteiger partial charge in [-0.15, -0.1) is 0 Å². The molecule has 0 spiro atoms. The van der Waals surface area contributed by atoms with Crippen molar-refractivity contribution in [3.8, 4) is 11.5 Å². The first-order valence-corrected chi connectivity index (χ1v) is 6.91. The zero-order valence-electron chi connectivity index (χ0n) is 12.8. The maximum absolute atomic E-state index is 14.4. The van der Waals surface area contributed by atoms with Gasteiger partial charge in [-0.1, -0.05) is 0 Å². The van der Waals surface area contributed by atoms with Crippen LogP contribution in [0.25, 0.3) is 0 Å². The lowest BCUT2D eigenvalue weighted by Gasteiger charge is -2.24. The molecule has 4 nitrogen and oxygen atoms in total. The van der Waals surface area contributed by atoms with E-state index in [0.29, 0.717) is 17.1 Å². The molecule has 2 rings (SSSR count). The molecule has 5 heteroatoms. The average Bonchev–Trinajstić information content (AvgIpc) is 3.15. The predicted molar refractivity (Wildman–Crippen MR) is 76.8 cm³/mol. The summed E-state index contributed by atoms with van der Waals surface area (Å²) in [6.45, 7) is 2.91. The molecule has 21 heavy (non-hydrogen) atoms. The van der Waals surface area contributed by atoms with Gasteiger partial charge in [0.25, 0.3) is 0 Å². The van der Waals surface area contributed by atoms with E-state index in [1.54, 1.807) is 12.1 Å². The number of methoxy groups -OCH3 is 2. The third-order valence-electron chi connectivity index (χ3n) is 4.08. The highest BCUT2D eigenvalue weighted by molar-refractivity contribution is 5.71. The van der Waals surface area contributed by atoms with Crippen LogP contribution in [-0.4, -0.2) is 25.3 Å². The van der Waals surface area contributed by atoms with Crippen LogP contribution in [0, 0.1) is 0 Å². The Kier molecular flexibility index (Phi) is 3.87. The Morgan fingerprint density at radius 3 is 2.24 bits per heavy atom. The van der Waals surface area contributed by atoms with Crippen molar-refractivity contribution in [3.05, 3.63) is 23.3 Å². The molecule has 0 atom stereocenters. The van der Waals surface area contributed by atoms with Gasteiger partial charge in [0, 0.05) is 22.6 Å². The molecule has 1 fully saturated rings. The number of aliphatic carboxylic acids is 1. The maximum Gasteiger partial charge on any atom is 0.304 e. The van der Waals surface area contributed by atoms with E-state index in [9.17, 15) is 9.18 Å². The lowest BCUT2D eigenvalue weighted by atomic mass is 9.87. The van der Waals surface area contributed by atoms with Crippen LogP contribution in [-0.2, 0) is 15.9 Å². The van der Waals surface area contributed by atoms with E-state index in [0.717, 1.165) is 18.4 Å².